The molecular weight excluding hydrogens is 134 g/mol. The van der Waals surface area contributed by atoms with Crippen LogP contribution in [0.15, 0.2) is 11.6 Å². The van der Waals surface area contributed by atoms with Crippen LogP contribution in [0, 0.1) is 0 Å². The highest BCUT2D eigenvalue weighted by molar-refractivity contribution is 8.04. The van der Waals surface area contributed by atoms with Gasteiger partial charge in [0, 0.05) is 13.2 Å². The zero-order valence-corrected chi connectivity index (χ0v) is 6.31. The number of carbonyl (C=O) groups excluding carboxylic acids is 1. The van der Waals surface area contributed by atoms with Gasteiger partial charge in [-0.05, 0) is 12.3 Å². The van der Waals surface area contributed by atoms with Gasteiger partial charge >= 0.3 is 0 Å². The van der Waals surface area contributed by atoms with Crippen molar-refractivity contribution < 1.29 is 4.79 Å². The first-order valence-corrected chi connectivity index (χ1v) is 3.61. The molecule has 0 aromatic rings. The summed E-state index contributed by atoms with van der Waals surface area (Å²) in [5.74, 6) is 0. The number of hydrogen-bond donors (Lipinski definition) is 0. The van der Waals surface area contributed by atoms with Gasteiger partial charge in [0.2, 0.25) is 0 Å². The summed E-state index contributed by atoms with van der Waals surface area (Å²) in [6.07, 6.45) is 2.86. The van der Waals surface area contributed by atoms with Crippen molar-refractivity contribution in [3.05, 3.63) is 11.6 Å². The minimum absolute atomic E-state index is 0.347. The Labute approximate surface area is 58.9 Å². The Hall–Kier alpha value is -0.440. The predicted octanol–water partition coefficient (Wildman–Crippen LogP) is 1.05. The van der Waals surface area contributed by atoms with Gasteiger partial charge in [0.25, 0.3) is 0 Å². The summed E-state index contributed by atoms with van der Waals surface area (Å²) in [4.78, 5) is 12.0. The van der Waals surface area contributed by atoms with E-state index in [-0.39, 0.29) is 4.87 Å². The Morgan fingerprint density at radius 3 is 2.67 bits per heavy atom. The van der Waals surface area contributed by atoms with E-state index in [2.05, 4.69) is 0 Å². The molecule has 0 aromatic heterocycles. The molecule has 2 nitrogen and oxygen atoms in total. The lowest BCUT2D eigenvalue weighted by molar-refractivity contribution is -0.111. The Kier molecular flexibility index (Phi) is 1.53. The van der Waals surface area contributed by atoms with Crippen molar-refractivity contribution in [3.63, 3.8) is 0 Å². The van der Waals surface area contributed by atoms with Crippen molar-refractivity contribution in [2.24, 2.45) is 0 Å². The number of thioether (sulfide) groups is 1. The standard InChI is InChI=1S/C6H9NOS/c1-6(5-8)7(2)3-4-9-6/h3-5H,1-2H3. The lowest BCUT2D eigenvalue weighted by atomic mass is 10.3. The first-order chi connectivity index (χ1) is 4.19. The van der Waals surface area contributed by atoms with Gasteiger partial charge < -0.3 is 4.90 Å². The fraction of sp³-hybridized carbons (Fsp3) is 0.500. The highest BCUT2D eigenvalue weighted by Crippen LogP contribution is 2.32. The normalized spacial score (nSPS) is 33.3. The molecule has 0 N–H and O–H groups in total. The van der Waals surface area contributed by atoms with E-state index in [1.165, 1.54) is 11.8 Å². The Morgan fingerprint density at radius 1 is 1.78 bits per heavy atom. The first-order valence-electron chi connectivity index (χ1n) is 2.73. The SMILES string of the molecule is CN1C=CSC1(C)C=O. The molecule has 0 aromatic carbocycles. The van der Waals surface area contributed by atoms with Crippen LogP contribution in [0.5, 0.6) is 0 Å². The maximum atomic E-state index is 10.4. The summed E-state index contributed by atoms with van der Waals surface area (Å²) in [5, 5.41) is 1.92. The number of hydrogen-bond acceptors (Lipinski definition) is 3. The number of likely N-dealkylation sites (N-methyl/N-ethyl adjacent to an activating group) is 1. The molecule has 0 bridgehead atoms. The lowest BCUT2D eigenvalue weighted by Crippen LogP contribution is -2.35. The second-order valence-electron chi connectivity index (χ2n) is 2.19. The molecule has 3 heteroatoms. The molecule has 50 valence electrons. The topological polar surface area (TPSA) is 20.3 Å². The lowest BCUT2D eigenvalue weighted by Gasteiger charge is -2.25. The van der Waals surface area contributed by atoms with Crippen molar-refractivity contribution in [2.45, 2.75) is 11.8 Å². The summed E-state index contributed by atoms with van der Waals surface area (Å²) in [5.41, 5.74) is 0. The molecular formula is C6H9NOS. The van der Waals surface area contributed by atoms with Gasteiger partial charge in [-0.3, -0.25) is 4.79 Å². The number of aldehydes is 1. The van der Waals surface area contributed by atoms with E-state index in [1.54, 1.807) is 0 Å². The second-order valence-corrected chi connectivity index (χ2v) is 3.52. The quantitative estimate of drug-likeness (QED) is 0.512. The zero-order chi connectivity index (χ0) is 6.91. The minimum atomic E-state index is -0.347. The van der Waals surface area contributed by atoms with E-state index in [4.69, 9.17) is 0 Å². The van der Waals surface area contributed by atoms with Crippen LogP contribution in [0.25, 0.3) is 0 Å². The molecule has 0 aliphatic carbocycles. The molecule has 0 spiro atoms. The van der Waals surface area contributed by atoms with Gasteiger partial charge in [-0.15, -0.1) is 0 Å². The fourth-order valence-corrected chi connectivity index (χ4v) is 1.40. The van der Waals surface area contributed by atoms with Gasteiger partial charge in [0.15, 0.2) is 6.29 Å². The number of rotatable bonds is 1. The van der Waals surface area contributed by atoms with Gasteiger partial charge in [-0.25, -0.2) is 0 Å². The van der Waals surface area contributed by atoms with Crippen molar-refractivity contribution >= 4 is 18.0 Å². The van der Waals surface area contributed by atoms with E-state index in [0.29, 0.717) is 0 Å². The van der Waals surface area contributed by atoms with Gasteiger partial charge in [0.1, 0.15) is 4.87 Å². The van der Waals surface area contributed by atoms with Gasteiger partial charge in [0.05, 0.1) is 0 Å². The summed E-state index contributed by atoms with van der Waals surface area (Å²) >= 11 is 1.53. The summed E-state index contributed by atoms with van der Waals surface area (Å²) < 4.78 is 0. The zero-order valence-electron chi connectivity index (χ0n) is 5.50. The van der Waals surface area contributed by atoms with Crippen molar-refractivity contribution in [1.29, 1.82) is 0 Å². The summed E-state index contributed by atoms with van der Waals surface area (Å²) in [6.45, 7) is 1.89. The smallest absolute Gasteiger partial charge is 0.155 e. The van der Waals surface area contributed by atoms with Crippen molar-refractivity contribution in [2.75, 3.05) is 7.05 Å². The average molecular weight is 143 g/mol. The van der Waals surface area contributed by atoms with E-state index < -0.39 is 0 Å². The van der Waals surface area contributed by atoms with Crippen molar-refractivity contribution in [1.82, 2.24) is 4.90 Å². The molecule has 0 fully saturated rings. The van der Waals surface area contributed by atoms with E-state index in [9.17, 15) is 4.79 Å². The molecule has 1 aliphatic rings. The molecule has 0 saturated heterocycles. The van der Waals surface area contributed by atoms with Crippen LogP contribution in [0.1, 0.15) is 6.92 Å². The first kappa shape index (κ1) is 6.68. The maximum absolute atomic E-state index is 10.4. The third kappa shape index (κ3) is 0.965. The van der Waals surface area contributed by atoms with Crippen LogP contribution < -0.4 is 0 Å². The third-order valence-corrected chi connectivity index (χ3v) is 2.63. The van der Waals surface area contributed by atoms with E-state index in [0.717, 1.165) is 6.29 Å². The molecule has 9 heavy (non-hydrogen) atoms. The van der Waals surface area contributed by atoms with Crippen LogP contribution >= 0.6 is 11.8 Å². The molecule has 1 heterocycles. The van der Waals surface area contributed by atoms with Crippen LogP contribution in [0.2, 0.25) is 0 Å². The van der Waals surface area contributed by atoms with Crippen molar-refractivity contribution in [3.8, 4) is 0 Å². The molecule has 0 saturated carbocycles. The predicted molar refractivity (Wildman–Crippen MR) is 39.0 cm³/mol. The largest absolute Gasteiger partial charge is 0.360 e. The van der Waals surface area contributed by atoms with Crippen LogP contribution in [0.3, 0.4) is 0 Å². The highest BCUT2D eigenvalue weighted by atomic mass is 32.2. The number of nitrogens with zero attached hydrogens (tertiary/aromatic N) is 1. The highest BCUT2D eigenvalue weighted by Gasteiger charge is 2.29. The third-order valence-electron chi connectivity index (χ3n) is 1.51. The Bertz CT molecular complexity index is 157. The molecule has 0 amide bonds. The Balaban J connectivity index is 2.73. The molecule has 1 rings (SSSR count). The van der Waals surface area contributed by atoms with Gasteiger partial charge in [-0.1, -0.05) is 11.8 Å². The fourth-order valence-electron chi connectivity index (χ4n) is 0.602. The van der Waals surface area contributed by atoms with Crippen LogP contribution in [-0.2, 0) is 4.79 Å². The van der Waals surface area contributed by atoms with Gasteiger partial charge in [-0.2, -0.15) is 0 Å². The van der Waals surface area contributed by atoms with Crippen LogP contribution in [-0.4, -0.2) is 23.1 Å². The maximum Gasteiger partial charge on any atom is 0.155 e. The monoisotopic (exact) mass is 143 g/mol. The molecule has 1 atom stereocenters. The number of carbonyl (C=O) groups is 1. The van der Waals surface area contributed by atoms with E-state index >= 15 is 0 Å². The molecule has 1 aliphatic heterocycles. The summed E-state index contributed by atoms with van der Waals surface area (Å²) in [6, 6.07) is 0. The average Bonchev–Trinajstić information content (AvgIpc) is 2.15. The van der Waals surface area contributed by atoms with E-state index in [1.807, 2.05) is 30.5 Å². The summed E-state index contributed by atoms with van der Waals surface area (Å²) in [7, 11) is 1.89. The minimum Gasteiger partial charge on any atom is -0.360 e. The molecule has 0 radical (unpaired) electrons. The molecule has 1 unspecified atom stereocenters. The second kappa shape index (κ2) is 2.06. The van der Waals surface area contributed by atoms with Crippen LogP contribution in [0.4, 0.5) is 0 Å². The Morgan fingerprint density at radius 2 is 2.44 bits per heavy atom.